The molecule has 0 spiro atoms. The van der Waals surface area contributed by atoms with Gasteiger partial charge in [0.05, 0.1) is 7.11 Å². The van der Waals surface area contributed by atoms with Gasteiger partial charge in [-0.15, -0.1) is 0 Å². The van der Waals surface area contributed by atoms with Crippen molar-refractivity contribution in [1.29, 1.82) is 0 Å². The molecule has 9 heteroatoms. The molecule has 0 bridgehead atoms. The molecule has 0 fully saturated rings. The molecule has 0 radical (unpaired) electrons. The third kappa shape index (κ3) is 12.7. The van der Waals surface area contributed by atoms with E-state index in [0.29, 0.717) is 4.90 Å². The van der Waals surface area contributed by atoms with Gasteiger partial charge in [0.1, 0.15) is 22.8 Å². The van der Waals surface area contributed by atoms with Crippen molar-refractivity contribution in [3.8, 4) is 0 Å². The summed E-state index contributed by atoms with van der Waals surface area (Å²) in [5, 5.41) is 0. The summed E-state index contributed by atoms with van der Waals surface area (Å²) in [5.74, 6) is -1.36. The van der Waals surface area contributed by atoms with Gasteiger partial charge in [-0.2, -0.15) is 4.90 Å². The lowest BCUT2D eigenvalue weighted by Gasteiger charge is -2.33. The van der Waals surface area contributed by atoms with Crippen molar-refractivity contribution in [2.75, 3.05) is 7.11 Å². The van der Waals surface area contributed by atoms with E-state index in [2.05, 4.69) is 4.74 Å². The Labute approximate surface area is 185 Å². The van der Waals surface area contributed by atoms with Gasteiger partial charge in [-0.25, -0.2) is 19.2 Å². The van der Waals surface area contributed by atoms with E-state index in [9.17, 15) is 19.2 Å². The first-order chi connectivity index (χ1) is 13.9. The third-order valence-corrected chi connectivity index (χ3v) is 3.23. The maximum atomic E-state index is 12.9. The van der Waals surface area contributed by atoms with Crippen LogP contribution in [0.15, 0.2) is 12.2 Å². The second-order valence-electron chi connectivity index (χ2n) is 9.88. The number of amides is 2. The smallest absolute Gasteiger partial charge is 0.420 e. The summed E-state index contributed by atoms with van der Waals surface area (Å²) in [6, 6.07) is -1.33. The van der Waals surface area contributed by atoms with Gasteiger partial charge in [0, 0.05) is 6.08 Å². The second-order valence-corrected chi connectivity index (χ2v) is 9.88. The maximum absolute atomic E-state index is 12.9. The summed E-state index contributed by atoms with van der Waals surface area (Å²) in [6.07, 6.45) is 0.773. The van der Waals surface area contributed by atoms with Crippen molar-refractivity contribution in [2.24, 2.45) is 0 Å². The van der Waals surface area contributed by atoms with Crippen LogP contribution in [0.2, 0.25) is 0 Å². The molecule has 0 aromatic carbocycles. The molecule has 0 aliphatic heterocycles. The molecule has 1 unspecified atom stereocenters. The minimum atomic E-state index is -1.33. The number of rotatable bonds is 6. The van der Waals surface area contributed by atoms with Crippen LogP contribution in [0.25, 0.3) is 0 Å². The number of carbonyl (C=O) groups excluding carboxylic acids is 4. The van der Waals surface area contributed by atoms with E-state index in [0.717, 1.165) is 0 Å². The third-order valence-electron chi connectivity index (χ3n) is 3.23. The van der Waals surface area contributed by atoms with Crippen molar-refractivity contribution in [1.82, 2.24) is 4.90 Å². The van der Waals surface area contributed by atoms with Crippen molar-refractivity contribution in [3.63, 3.8) is 0 Å². The summed E-state index contributed by atoms with van der Waals surface area (Å²) in [5.41, 5.74) is -2.69. The molecule has 0 aromatic heterocycles. The maximum Gasteiger partial charge on any atom is 0.420 e. The van der Waals surface area contributed by atoms with Crippen molar-refractivity contribution >= 4 is 24.1 Å². The largest absolute Gasteiger partial charge is 0.466 e. The first-order valence-electron chi connectivity index (χ1n) is 10.1. The van der Waals surface area contributed by atoms with Crippen LogP contribution in [0.1, 0.15) is 75.2 Å². The van der Waals surface area contributed by atoms with Crippen LogP contribution >= 0.6 is 0 Å². The van der Waals surface area contributed by atoms with E-state index < -0.39 is 47.0 Å². The average Bonchev–Trinajstić information content (AvgIpc) is 2.51. The monoisotopic (exact) mass is 443 g/mol. The Hall–Kier alpha value is -2.58. The average molecular weight is 444 g/mol. The molecule has 0 aromatic rings. The molecule has 0 aliphatic carbocycles. The first-order valence-corrected chi connectivity index (χ1v) is 10.1. The van der Waals surface area contributed by atoms with E-state index in [4.69, 9.17) is 14.2 Å². The molecular formula is C22H37NO8. The molecule has 31 heavy (non-hydrogen) atoms. The van der Waals surface area contributed by atoms with Gasteiger partial charge in [-0.05, 0) is 75.2 Å². The fourth-order valence-corrected chi connectivity index (χ4v) is 2.18. The fourth-order valence-electron chi connectivity index (χ4n) is 2.18. The quantitative estimate of drug-likeness (QED) is 0.338. The highest BCUT2D eigenvalue weighted by Gasteiger charge is 2.41. The molecular weight excluding hydrogens is 406 g/mol. The van der Waals surface area contributed by atoms with Crippen LogP contribution in [-0.4, -0.2) is 59.0 Å². The van der Waals surface area contributed by atoms with Crippen molar-refractivity contribution in [3.05, 3.63) is 12.2 Å². The molecule has 0 N–H and O–H groups in total. The number of esters is 2. The summed E-state index contributed by atoms with van der Waals surface area (Å²) in [6.45, 7) is 14.8. The van der Waals surface area contributed by atoms with Gasteiger partial charge < -0.3 is 18.9 Å². The van der Waals surface area contributed by atoms with Gasteiger partial charge >= 0.3 is 24.1 Å². The highest BCUT2D eigenvalue weighted by molar-refractivity contribution is 5.94. The normalized spacial score (nSPS) is 13.4. The second kappa shape index (κ2) is 11.2. The number of hydrogen-bond donors (Lipinski definition) is 0. The molecule has 0 aliphatic rings. The standard InChI is InChI=1S/C22H37NO8/c1-20(2,3)29-17(25)15(13-11-12-14-16(24)28-10)23(18(26)30-21(4,5)6)19(27)31-22(7,8)9/h12,14-15H,11,13H2,1-10H3/b14-12+. The van der Waals surface area contributed by atoms with E-state index >= 15 is 0 Å². The van der Waals surface area contributed by atoms with Crippen LogP contribution in [0.4, 0.5) is 9.59 Å². The van der Waals surface area contributed by atoms with Crippen LogP contribution in [0, 0.1) is 0 Å². The Balaban J connectivity index is 6.04. The topological polar surface area (TPSA) is 108 Å². The predicted molar refractivity (Wildman–Crippen MR) is 114 cm³/mol. The molecule has 9 nitrogen and oxygen atoms in total. The lowest BCUT2D eigenvalue weighted by molar-refractivity contribution is -0.161. The summed E-state index contributed by atoms with van der Waals surface area (Å²) >= 11 is 0. The van der Waals surface area contributed by atoms with Gasteiger partial charge in [0.25, 0.3) is 0 Å². The fraction of sp³-hybridized carbons (Fsp3) is 0.727. The van der Waals surface area contributed by atoms with Crippen molar-refractivity contribution in [2.45, 2.75) is 98.0 Å². The zero-order valence-electron chi connectivity index (χ0n) is 20.4. The van der Waals surface area contributed by atoms with Crippen LogP contribution in [0.3, 0.4) is 0 Å². The highest BCUT2D eigenvalue weighted by atomic mass is 16.6. The number of imide groups is 1. The number of nitrogens with zero attached hydrogens (tertiary/aromatic N) is 1. The minimum absolute atomic E-state index is 0.0130. The minimum Gasteiger partial charge on any atom is -0.466 e. The van der Waals surface area contributed by atoms with Gasteiger partial charge in [0.15, 0.2) is 0 Å². The van der Waals surface area contributed by atoms with Crippen LogP contribution in [-0.2, 0) is 28.5 Å². The predicted octanol–water partition coefficient (Wildman–Crippen LogP) is 4.38. The Kier molecular flexibility index (Phi) is 10.2. The molecule has 0 saturated carbocycles. The molecule has 0 saturated heterocycles. The van der Waals surface area contributed by atoms with Crippen LogP contribution < -0.4 is 0 Å². The molecule has 178 valence electrons. The summed E-state index contributed by atoms with van der Waals surface area (Å²) < 4.78 is 20.6. The van der Waals surface area contributed by atoms with E-state index in [1.54, 1.807) is 62.3 Å². The molecule has 0 heterocycles. The first kappa shape index (κ1) is 28.4. The van der Waals surface area contributed by atoms with E-state index in [-0.39, 0.29) is 12.8 Å². The zero-order chi connectivity index (χ0) is 24.6. The number of methoxy groups -OCH3 is 1. The number of allylic oxidation sites excluding steroid dienone is 1. The molecule has 2 amide bonds. The highest BCUT2D eigenvalue weighted by Crippen LogP contribution is 2.22. The lowest BCUT2D eigenvalue weighted by atomic mass is 10.1. The molecule has 0 rings (SSSR count). The van der Waals surface area contributed by atoms with E-state index in [1.165, 1.54) is 19.3 Å². The Morgan fingerprint density at radius 3 is 1.55 bits per heavy atom. The van der Waals surface area contributed by atoms with Crippen LogP contribution in [0.5, 0.6) is 0 Å². The van der Waals surface area contributed by atoms with Gasteiger partial charge in [-0.1, -0.05) is 6.08 Å². The summed E-state index contributed by atoms with van der Waals surface area (Å²) in [4.78, 5) is 50.6. The molecule has 1 atom stereocenters. The SMILES string of the molecule is COC(=O)/C=C/CCC(C(=O)OC(C)(C)C)N(C(=O)OC(C)(C)C)C(=O)OC(C)(C)C. The number of hydrogen-bond acceptors (Lipinski definition) is 8. The van der Waals surface area contributed by atoms with Crippen molar-refractivity contribution < 1.29 is 38.1 Å². The summed E-state index contributed by atoms with van der Waals surface area (Å²) in [7, 11) is 1.24. The number of carbonyl (C=O) groups is 4. The van der Waals surface area contributed by atoms with Gasteiger partial charge in [0.2, 0.25) is 0 Å². The number of ether oxygens (including phenoxy) is 4. The Morgan fingerprint density at radius 1 is 0.774 bits per heavy atom. The lowest BCUT2D eigenvalue weighted by Crippen LogP contribution is -2.53. The Bertz CT molecular complexity index is 649. The van der Waals surface area contributed by atoms with Gasteiger partial charge in [-0.3, -0.25) is 0 Å². The van der Waals surface area contributed by atoms with E-state index in [1.807, 2.05) is 0 Å². The zero-order valence-corrected chi connectivity index (χ0v) is 20.4. The Morgan fingerprint density at radius 2 is 1.19 bits per heavy atom.